The Morgan fingerprint density at radius 1 is 1.27 bits per heavy atom. The van der Waals surface area contributed by atoms with Crippen molar-refractivity contribution in [2.45, 2.75) is 71.6 Å². The zero-order valence-electron chi connectivity index (χ0n) is 20.3. The van der Waals surface area contributed by atoms with Gasteiger partial charge in [-0.1, -0.05) is 50.6 Å². The fourth-order valence-electron chi connectivity index (χ4n) is 3.18. The second kappa shape index (κ2) is 13.3. The average Bonchev–Trinajstić information content (AvgIpc) is 2.74. The lowest BCUT2D eigenvalue weighted by Crippen LogP contribution is -2.52. The largest absolute Gasteiger partial charge is 0.444 e. The second-order valence-corrected chi connectivity index (χ2v) is 8.77. The zero-order chi connectivity index (χ0) is 25.0. The molecule has 2 unspecified atom stereocenters. The number of rotatable bonds is 11. The molecule has 3 amide bonds. The number of carbonyl (C=O) groups excluding carboxylic acids is 3. The minimum Gasteiger partial charge on any atom is -0.444 e. The van der Waals surface area contributed by atoms with E-state index >= 15 is 0 Å². The summed E-state index contributed by atoms with van der Waals surface area (Å²) in [5.74, 6) is -0.958. The van der Waals surface area contributed by atoms with E-state index < -0.39 is 29.7 Å². The minimum absolute atomic E-state index is 0.329. The number of amides is 3. The number of hydrogen-bond donors (Lipinski definition) is 2. The van der Waals surface area contributed by atoms with Gasteiger partial charge in [-0.3, -0.25) is 9.59 Å². The van der Waals surface area contributed by atoms with Gasteiger partial charge < -0.3 is 20.3 Å². The van der Waals surface area contributed by atoms with Crippen molar-refractivity contribution in [2.24, 2.45) is 0 Å². The molecule has 2 atom stereocenters. The SMILES string of the molecule is C=Cc1cccc(C(C(=O)NCCCCC)N(CC#N)C(=O)C(C)NC(=O)OC(C)(C)C)c1. The standard InChI is InChI=1S/C25H36N4O4/c1-7-9-10-15-27-22(30)21(20-13-11-12-19(8-2)17-20)29(16-14-26)23(31)18(3)28-24(32)33-25(4,5)6/h8,11-13,17-18,21H,2,7,9-10,15-16H2,1,3-6H3,(H,27,30)(H,28,32). The number of unbranched alkanes of at least 4 members (excludes halogenated alkanes) is 2. The number of nitrogens with zero attached hydrogens (tertiary/aromatic N) is 2. The van der Waals surface area contributed by atoms with E-state index in [9.17, 15) is 19.6 Å². The molecule has 2 N–H and O–H groups in total. The number of nitrogens with one attached hydrogen (secondary N) is 2. The Bertz CT molecular complexity index is 870. The Hall–Kier alpha value is -3.34. The highest BCUT2D eigenvalue weighted by molar-refractivity contribution is 5.92. The first kappa shape index (κ1) is 27.7. The van der Waals surface area contributed by atoms with Gasteiger partial charge in [0.25, 0.3) is 0 Å². The molecule has 0 spiro atoms. The van der Waals surface area contributed by atoms with E-state index in [1.807, 2.05) is 12.1 Å². The number of alkyl carbamates (subject to hydrolysis) is 1. The lowest BCUT2D eigenvalue weighted by molar-refractivity contribution is -0.141. The van der Waals surface area contributed by atoms with Gasteiger partial charge >= 0.3 is 6.09 Å². The van der Waals surface area contributed by atoms with E-state index in [1.54, 1.807) is 45.0 Å². The topological polar surface area (TPSA) is 112 Å². The molecule has 0 radical (unpaired) electrons. The highest BCUT2D eigenvalue weighted by atomic mass is 16.6. The van der Waals surface area contributed by atoms with Crippen LogP contribution in [0.1, 0.15) is 71.0 Å². The van der Waals surface area contributed by atoms with Crippen LogP contribution in [0.2, 0.25) is 0 Å². The van der Waals surface area contributed by atoms with Gasteiger partial charge in [0.15, 0.2) is 0 Å². The van der Waals surface area contributed by atoms with Crippen molar-refractivity contribution in [3.8, 4) is 6.07 Å². The third kappa shape index (κ3) is 9.36. The maximum atomic E-state index is 13.3. The molecule has 180 valence electrons. The number of hydrogen-bond acceptors (Lipinski definition) is 5. The summed E-state index contributed by atoms with van der Waals surface area (Å²) in [7, 11) is 0. The van der Waals surface area contributed by atoms with Crippen LogP contribution in [-0.4, -0.2) is 47.5 Å². The number of ether oxygens (including phenoxy) is 1. The van der Waals surface area contributed by atoms with Crippen LogP contribution in [0.3, 0.4) is 0 Å². The molecule has 0 aliphatic carbocycles. The van der Waals surface area contributed by atoms with Crippen molar-refractivity contribution in [3.05, 3.63) is 42.0 Å². The summed E-state index contributed by atoms with van der Waals surface area (Å²) < 4.78 is 5.22. The van der Waals surface area contributed by atoms with Crippen LogP contribution in [-0.2, 0) is 14.3 Å². The minimum atomic E-state index is -1.04. The Balaban J connectivity index is 3.23. The first-order chi connectivity index (χ1) is 15.5. The third-order valence-electron chi connectivity index (χ3n) is 4.73. The van der Waals surface area contributed by atoms with Gasteiger partial charge in [-0.05, 0) is 51.3 Å². The Morgan fingerprint density at radius 3 is 2.55 bits per heavy atom. The van der Waals surface area contributed by atoms with Crippen molar-refractivity contribution in [3.63, 3.8) is 0 Å². The predicted molar refractivity (Wildman–Crippen MR) is 128 cm³/mol. The van der Waals surface area contributed by atoms with Crippen LogP contribution in [0.25, 0.3) is 6.08 Å². The van der Waals surface area contributed by atoms with Gasteiger partial charge in [0, 0.05) is 6.54 Å². The van der Waals surface area contributed by atoms with Crippen molar-refractivity contribution < 1.29 is 19.1 Å². The first-order valence-electron chi connectivity index (χ1n) is 11.2. The molecule has 1 aromatic rings. The van der Waals surface area contributed by atoms with Gasteiger partial charge in [0.2, 0.25) is 11.8 Å². The second-order valence-electron chi connectivity index (χ2n) is 8.77. The van der Waals surface area contributed by atoms with Crippen LogP contribution >= 0.6 is 0 Å². The summed E-state index contributed by atoms with van der Waals surface area (Å²) in [5.41, 5.74) is 0.597. The number of carbonyl (C=O) groups is 3. The molecule has 0 bridgehead atoms. The van der Waals surface area contributed by atoms with Gasteiger partial charge in [-0.2, -0.15) is 5.26 Å². The first-order valence-corrected chi connectivity index (χ1v) is 11.2. The molecule has 0 saturated heterocycles. The van der Waals surface area contributed by atoms with E-state index in [2.05, 4.69) is 24.1 Å². The Labute approximate surface area is 197 Å². The van der Waals surface area contributed by atoms with Crippen LogP contribution in [0.5, 0.6) is 0 Å². The van der Waals surface area contributed by atoms with Crippen molar-refractivity contribution in [1.29, 1.82) is 5.26 Å². The summed E-state index contributed by atoms with van der Waals surface area (Å²) >= 11 is 0. The molecule has 1 aromatic carbocycles. The molecule has 8 nitrogen and oxygen atoms in total. The molecule has 0 heterocycles. The van der Waals surface area contributed by atoms with E-state index in [4.69, 9.17) is 4.74 Å². The predicted octanol–water partition coefficient (Wildman–Crippen LogP) is 3.94. The van der Waals surface area contributed by atoms with Crippen molar-refractivity contribution in [2.75, 3.05) is 13.1 Å². The molecule has 33 heavy (non-hydrogen) atoms. The van der Waals surface area contributed by atoms with E-state index in [0.717, 1.165) is 24.8 Å². The summed E-state index contributed by atoms with van der Waals surface area (Å²) in [6.07, 6.45) is 3.67. The molecule has 1 rings (SSSR count). The maximum Gasteiger partial charge on any atom is 0.408 e. The maximum absolute atomic E-state index is 13.3. The summed E-state index contributed by atoms with van der Waals surface area (Å²) in [6, 6.07) is 7.00. The lowest BCUT2D eigenvalue weighted by Gasteiger charge is -2.32. The molecular weight excluding hydrogens is 420 g/mol. The Kier molecular flexibility index (Phi) is 11.1. The quantitative estimate of drug-likeness (QED) is 0.387. The molecule has 0 fully saturated rings. The van der Waals surface area contributed by atoms with Gasteiger partial charge in [-0.25, -0.2) is 4.79 Å². The summed E-state index contributed by atoms with van der Waals surface area (Å²) in [4.78, 5) is 39.8. The molecule has 0 aromatic heterocycles. The van der Waals surface area contributed by atoms with E-state index in [0.29, 0.717) is 12.1 Å². The molecule has 0 aliphatic heterocycles. The fraction of sp³-hybridized carbons (Fsp3) is 0.520. The van der Waals surface area contributed by atoms with Crippen LogP contribution in [0, 0.1) is 11.3 Å². The van der Waals surface area contributed by atoms with Crippen LogP contribution in [0.15, 0.2) is 30.8 Å². The highest BCUT2D eigenvalue weighted by Crippen LogP contribution is 2.24. The molecule has 8 heteroatoms. The van der Waals surface area contributed by atoms with Gasteiger partial charge in [0.05, 0.1) is 6.07 Å². The molecular formula is C25H36N4O4. The molecule has 0 aliphatic rings. The van der Waals surface area contributed by atoms with E-state index in [-0.39, 0.29) is 12.5 Å². The zero-order valence-corrected chi connectivity index (χ0v) is 20.3. The van der Waals surface area contributed by atoms with Gasteiger partial charge in [0.1, 0.15) is 24.2 Å². The average molecular weight is 457 g/mol. The number of nitriles is 1. The lowest BCUT2D eigenvalue weighted by atomic mass is 10.0. The summed E-state index contributed by atoms with van der Waals surface area (Å²) in [6.45, 7) is 12.6. The third-order valence-corrected chi connectivity index (χ3v) is 4.73. The van der Waals surface area contributed by atoms with Crippen molar-refractivity contribution in [1.82, 2.24) is 15.5 Å². The van der Waals surface area contributed by atoms with E-state index in [1.165, 1.54) is 11.8 Å². The van der Waals surface area contributed by atoms with Crippen LogP contribution < -0.4 is 10.6 Å². The normalized spacial score (nSPS) is 12.6. The highest BCUT2D eigenvalue weighted by Gasteiger charge is 2.34. The van der Waals surface area contributed by atoms with Gasteiger partial charge in [-0.15, -0.1) is 0 Å². The Morgan fingerprint density at radius 2 is 1.97 bits per heavy atom. The fourth-order valence-corrected chi connectivity index (χ4v) is 3.18. The van der Waals surface area contributed by atoms with Crippen molar-refractivity contribution >= 4 is 24.0 Å². The monoisotopic (exact) mass is 456 g/mol. The smallest absolute Gasteiger partial charge is 0.408 e. The summed E-state index contributed by atoms with van der Waals surface area (Å²) in [5, 5.41) is 14.8. The van der Waals surface area contributed by atoms with Crippen LogP contribution in [0.4, 0.5) is 4.79 Å². The number of benzene rings is 1. The molecule has 0 saturated carbocycles.